The number of nitrogens with zero attached hydrogens (tertiary/aromatic N) is 1. The Hall–Kier alpha value is -1.39. The molecule has 0 amide bonds. The Morgan fingerprint density at radius 3 is 2.74 bits per heavy atom. The number of rotatable bonds is 5. The van der Waals surface area contributed by atoms with Gasteiger partial charge >= 0.3 is 5.97 Å². The average Bonchev–Trinajstić information content (AvgIpc) is 2.76. The van der Waals surface area contributed by atoms with E-state index in [1.165, 1.54) is 0 Å². The molecule has 2 atom stereocenters. The first kappa shape index (κ1) is 14.0. The highest BCUT2D eigenvalue weighted by molar-refractivity contribution is 5.73. The Kier molecular flexibility index (Phi) is 4.22. The number of aliphatic carboxylic acids is 1. The van der Waals surface area contributed by atoms with E-state index in [1.54, 1.807) is 7.11 Å². The van der Waals surface area contributed by atoms with Crippen LogP contribution >= 0.6 is 0 Å². The van der Waals surface area contributed by atoms with E-state index >= 15 is 0 Å². The predicted octanol–water partition coefficient (Wildman–Crippen LogP) is 1.61. The number of carboxylic acid groups (broad SMARTS) is 1. The molecule has 1 aliphatic heterocycles. The fraction of sp³-hybridized carbons (Fsp3) is 0.533. The summed E-state index contributed by atoms with van der Waals surface area (Å²) in [5.41, 5.74) is 0.767. The van der Waals surface area contributed by atoms with Gasteiger partial charge in [0.25, 0.3) is 0 Å². The molecule has 1 saturated heterocycles. The van der Waals surface area contributed by atoms with Crippen LogP contribution in [0.3, 0.4) is 0 Å². The lowest BCUT2D eigenvalue weighted by atomic mass is 9.74. The normalized spacial score (nSPS) is 27.6. The number of hydrogen-bond acceptors (Lipinski definition) is 3. The SMILES string of the molecule is COCCN1C[C@@H](C(=O)O)[C@](C)(c2ccccc2)C1. The van der Waals surface area contributed by atoms with Crippen LogP contribution in [0.4, 0.5) is 0 Å². The minimum atomic E-state index is -0.716. The summed E-state index contributed by atoms with van der Waals surface area (Å²) in [6, 6.07) is 9.94. The highest BCUT2D eigenvalue weighted by Crippen LogP contribution is 2.38. The summed E-state index contributed by atoms with van der Waals surface area (Å²) >= 11 is 0. The number of hydrogen-bond donors (Lipinski definition) is 1. The van der Waals surface area contributed by atoms with Gasteiger partial charge in [-0.15, -0.1) is 0 Å². The third-order valence-electron chi connectivity index (χ3n) is 4.10. The maximum atomic E-state index is 11.6. The Bertz CT molecular complexity index is 434. The minimum absolute atomic E-state index is 0.333. The van der Waals surface area contributed by atoms with Gasteiger partial charge in [0.15, 0.2) is 0 Å². The Morgan fingerprint density at radius 2 is 2.16 bits per heavy atom. The highest BCUT2D eigenvalue weighted by Gasteiger charge is 2.47. The third kappa shape index (κ3) is 2.80. The summed E-state index contributed by atoms with van der Waals surface area (Å²) in [4.78, 5) is 13.7. The summed E-state index contributed by atoms with van der Waals surface area (Å²) in [7, 11) is 1.67. The van der Waals surface area contributed by atoms with Crippen LogP contribution in [0, 0.1) is 5.92 Å². The van der Waals surface area contributed by atoms with Crippen molar-refractivity contribution in [2.45, 2.75) is 12.3 Å². The summed E-state index contributed by atoms with van der Waals surface area (Å²) in [6.45, 7) is 4.81. The molecule has 1 aromatic carbocycles. The third-order valence-corrected chi connectivity index (χ3v) is 4.10. The Morgan fingerprint density at radius 1 is 1.47 bits per heavy atom. The molecule has 19 heavy (non-hydrogen) atoms. The quantitative estimate of drug-likeness (QED) is 0.877. The lowest BCUT2D eigenvalue weighted by Crippen LogP contribution is -2.36. The van der Waals surface area contributed by atoms with E-state index in [9.17, 15) is 9.90 Å². The molecule has 0 saturated carbocycles. The largest absolute Gasteiger partial charge is 0.481 e. The van der Waals surface area contributed by atoms with Crippen molar-refractivity contribution in [2.24, 2.45) is 5.92 Å². The molecule has 0 unspecified atom stereocenters. The second-order valence-corrected chi connectivity index (χ2v) is 5.40. The molecule has 0 spiro atoms. The van der Waals surface area contributed by atoms with Crippen LogP contribution in [0.1, 0.15) is 12.5 Å². The second kappa shape index (κ2) is 5.72. The molecule has 0 aromatic heterocycles. The van der Waals surface area contributed by atoms with Gasteiger partial charge < -0.3 is 9.84 Å². The van der Waals surface area contributed by atoms with E-state index in [4.69, 9.17) is 4.74 Å². The monoisotopic (exact) mass is 263 g/mol. The van der Waals surface area contributed by atoms with Crippen LogP contribution in [0.15, 0.2) is 30.3 Å². The molecule has 1 fully saturated rings. The van der Waals surface area contributed by atoms with E-state index in [2.05, 4.69) is 4.90 Å². The predicted molar refractivity (Wildman–Crippen MR) is 73.2 cm³/mol. The van der Waals surface area contributed by atoms with Crippen LogP contribution in [0.2, 0.25) is 0 Å². The minimum Gasteiger partial charge on any atom is -0.481 e. The summed E-state index contributed by atoms with van der Waals surface area (Å²) in [5.74, 6) is -1.09. The number of carboxylic acids is 1. The second-order valence-electron chi connectivity index (χ2n) is 5.40. The van der Waals surface area contributed by atoms with Crippen molar-refractivity contribution in [2.75, 3.05) is 33.4 Å². The van der Waals surface area contributed by atoms with E-state index in [0.29, 0.717) is 13.2 Å². The van der Waals surface area contributed by atoms with Crippen molar-refractivity contribution in [1.29, 1.82) is 0 Å². The molecule has 1 aliphatic rings. The van der Waals surface area contributed by atoms with Crippen molar-refractivity contribution >= 4 is 5.97 Å². The zero-order valence-electron chi connectivity index (χ0n) is 11.5. The first-order valence-corrected chi connectivity index (χ1v) is 6.57. The van der Waals surface area contributed by atoms with Crippen molar-refractivity contribution in [3.05, 3.63) is 35.9 Å². The summed E-state index contributed by atoms with van der Waals surface area (Å²) in [6.07, 6.45) is 0. The van der Waals surface area contributed by atoms with Crippen LogP contribution in [0.25, 0.3) is 0 Å². The standard InChI is InChI=1S/C15H21NO3/c1-15(12-6-4-3-5-7-12)11-16(8-9-19-2)10-13(15)14(17)18/h3-7,13H,8-11H2,1-2H3,(H,17,18)/t13-,15-/m0/s1. The molecular formula is C15H21NO3. The zero-order chi connectivity index (χ0) is 13.9. The molecule has 0 bridgehead atoms. The van der Waals surface area contributed by atoms with Crippen molar-refractivity contribution in [3.8, 4) is 0 Å². The Labute approximate surface area is 114 Å². The van der Waals surface area contributed by atoms with Crippen LogP contribution in [0.5, 0.6) is 0 Å². The van der Waals surface area contributed by atoms with Gasteiger partial charge in [-0.3, -0.25) is 9.69 Å². The van der Waals surface area contributed by atoms with Gasteiger partial charge in [0.05, 0.1) is 12.5 Å². The number of benzene rings is 1. The van der Waals surface area contributed by atoms with Gasteiger partial charge in [0.1, 0.15) is 0 Å². The van der Waals surface area contributed by atoms with Gasteiger partial charge in [-0.1, -0.05) is 37.3 Å². The zero-order valence-corrected chi connectivity index (χ0v) is 11.5. The van der Waals surface area contributed by atoms with Crippen molar-refractivity contribution in [1.82, 2.24) is 4.90 Å². The topological polar surface area (TPSA) is 49.8 Å². The number of carbonyl (C=O) groups is 1. The molecule has 104 valence electrons. The first-order chi connectivity index (χ1) is 9.08. The number of likely N-dealkylation sites (tertiary alicyclic amines) is 1. The molecule has 4 nitrogen and oxygen atoms in total. The van der Waals surface area contributed by atoms with E-state index in [0.717, 1.165) is 18.7 Å². The summed E-state index contributed by atoms with van der Waals surface area (Å²) < 4.78 is 5.08. The fourth-order valence-corrected chi connectivity index (χ4v) is 2.95. The lowest BCUT2D eigenvalue weighted by Gasteiger charge is -2.29. The van der Waals surface area contributed by atoms with Crippen LogP contribution in [-0.2, 0) is 14.9 Å². The smallest absolute Gasteiger partial charge is 0.308 e. The van der Waals surface area contributed by atoms with E-state index in [-0.39, 0.29) is 11.3 Å². The van der Waals surface area contributed by atoms with Gasteiger partial charge in [-0.25, -0.2) is 0 Å². The molecule has 0 aliphatic carbocycles. The first-order valence-electron chi connectivity index (χ1n) is 6.57. The van der Waals surface area contributed by atoms with Crippen LogP contribution < -0.4 is 0 Å². The molecule has 4 heteroatoms. The number of methoxy groups -OCH3 is 1. The molecule has 1 aromatic rings. The maximum absolute atomic E-state index is 11.6. The van der Waals surface area contributed by atoms with Gasteiger partial charge in [0, 0.05) is 32.2 Å². The molecule has 1 N–H and O–H groups in total. The molecule has 0 radical (unpaired) electrons. The van der Waals surface area contributed by atoms with Crippen molar-refractivity contribution in [3.63, 3.8) is 0 Å². The lowest BCUT2D eigenvalue weighted by molar-refractivity contribution is -0.142. The van der Waals surface area contributed by atoms with Crippen LogP contribution in [-0.4, -0.2) is 49.3 Å². The molecular weight excluding hydrogens is 242 g/mol. The fourth-order valence-electron chi connectivity index (χ4n) is 2.95. The Balaban J connectivity index is 2.23. The number of ether oxygens (including phenoxy) is 1. The van der Waals surface area contributed by atoms with Gasteiger partial charge in [-0.2, -0.15) is 0 Å². The van der Waals surface area contributed by atoms with Crippen molar-refractivity contribution < 1.29 is 14.6 Å². The molecule has 1 heterocycles. The van der Waals surface area contributed by atoms with E-state index in [1.807, 2.05) is 37.3 Å². The average molecular weight is 263 g/mol. The maximum Gasteiger partial charge on any atom is 0.308 e. The summed E-state index contributed by atoms with van der Waals surface area (Å²) in [5, 5.41) is 9.50. The highest BCUT2D eigenvalue weighted by atomic mass is 16.5. The van der Waals surface area contributed by atoms with Gasteiger partial charge in [-0.05, 0) is 5.56 Å². The molecule has 2 rings (SSSR count). The van der Waals surface area contributed by atoms with E-state index < -0.39 is 5.97 Å². The van der Waals surface area contributed by atoms with Gasteiger partial charge in [0.2, 0.25) is 0 Å².